The van der Waals surface area contributed by atoms with Gasteiger partial charge in [0.2, 0.25) is 0 Å². The maximum atomic E-state index is 11.3. The molecule has 1 N–H and O–H groups in total. The molecule has 0 aliphatic carbocycles. The highest BCUT2D eigenvalue weighted by molar-refractivity contribution is 5.14. The first kappa shape index (κ1) is 23.6. The lowest BCUT2D eigenvalue weighted by molar-refractivity contribution is -0.179. The van der Waals surface area contributed by atoms with E-state index in [1.54, 1.807) is 0 Å². The van der Waals surface area contributed by atoms with Crippen LogP contribution in [0.15, 0.2) is 73.3 Å². The van der Waals surface area contributed by atoms with Crippen LogP contribution in [0.1, 0.15) is 31.4 Å². The van der Waals surface area contributed by atoms with E-state index in [1.807, 2.05) is 80.6 Å². The fourth-order valence-corrected chi connectivity index (χ4v) is 3.76. The number of ether oxygens (including phenoxy) is 4. The van der Waals surface area contributed by atoms with Crippen molar-refractivity contribution in [3.05, 3.63) is 84.4 Å². The van der Waals surface area contributed by atoms with Gasteiger partial charge in [-0.3, -0.25) is 0 Å². The van der Waals surface area contributed by atoms with Gasteiger partial charge in [-0.25, -0.2) is 0 Å². The quantitative estimate of drug-likeness (QED) is 0.507. The maximum absolute atomic E-state index is 11.3. The van der Waals surface area contributed by atoms with E-state index in [-0.39, 0.29) is 12.0 Å². The van der Waals surface area contributed by atoms with Crippen LogP contribution in [-0.4, -0.2) is 42.4 Å². The second kappa shape index (κ2) is 11.6. The topological polar surface area (TPSA) is 57.2 Å². The van der Waals surface area contributed by atoms with Gasteiger partial charge in [-0.2, -0.15) is 0 Å². The summed E-state index contributed by atoms with van der Waals surface area (Å²) in [5, 5.41) is 11.3. The molecule has 1 fully saturated rings. The molecule has 0 unspecified atom stereocenters. The molecule has 0 bridgehead atoms. The van der Waals surface area contributed by atoms with Crippen LogP contribution < -0.4 is 0 Å². The highest BCUT2D eigenvalue weighted by Crippen LogP contribution is 2.30. The van der Waals surface area contributed by atoms with Crippen LogP contribution in [0.2, 0.25) is 0 Å². The monoisotopic (exact) mass is 426 g/mol. The summed E-state index contributed by atoms with van der Waals surface area (Å²) in [4.78, 5) is 0. The summed E-state index contributed by atoms with van der Waals surface area (Å²) in [6.45, 7) is 9.24. The molecule has 0 saturated carbocycles. The molecular formula is C26H34O5. The first-order valence-corrected chi connectivity index (χ1v) is 10.9. The van der Waals surface area contributed by atoms with Gasteiger partial charge in [0.25, 0.3) is 0 Å². The molecule has 5 heteroatoms. The Morgan fingerprint density at radius 2 is 1.68 bits per heavy atom. The molecule has 2 aromatic carbocycles. The van der Waals surface area contributed by atoms with E-state index in [9.17, 15) is 5.11 Å². The van der Waals surface area contributed by atoms with Crippen LogP contribution >= 0.6 is 0 Å². The fraction of sp³-hybridized carbons (Fsp3) is 0.462. The van der Waals surface area contributed by atoms with Crippen molar-refractivity contribution in [2.24, 2.45) is 5.92 Å². The summed E-state index contributed by atoms with van der Waals surface area (Å²) >= 11 is 0. The predicted molar refractivity (Wildman–Crippen MR) is 120 cm³/mol. The van der Waals surface area contributed by atoms with Gasteiger partial charge >= 0.3 is 0 Å². The molecule has 0 aromatic heterocycles. The van der Waals surface area contributed by atoms with Gasteiger partial charge in [0.1, 0.15) is 12.2 Å². The summed E-state index contributed by atoms with van der Waals surface area (Å²) < 4.78 is 23.9. The van der Waals surface area contributed by atoms with E-state index < -0.39 is 18.0 Å². The molecule has 4 atom stereocenters. The number of aliphatic hydroxyl groups is 1. The van der Waals surface area contributed by atoms with Crippen LogP contribution in [0.5, 0.6) is 0 Å². The molecule has 0 amide bonds. The third-order valence-corrected chi connectivity index (χ3v) is 5.41. The average molecular weight is 427 g/mol. The Morgan fingerprint density at radius 3 is 2.23 bits per heavy atom. The van der Waals surface area contributed by atoms with Crippen molar-refractivity contribution in [2.75, 3.05) is 13.2 Å². The second-order valence-electron chi connectivity index (χ2n) is 8.40. The Bertz CT molecular complexity index is 777. The van der Waals surface area contributed by atoms with Crippen LogP contribution in [0.4, 0.5) is 0 Å². The van der Waals surface area contributed by atoms with Crippen molar-refractivity contribution in [1.82, 2.24) is 0 Å². The van der Waals surface area contributed by atoms with Crippen molar-refractivity contribution in [2.45, 2.75) is 57.6 Å². The Kier molecular flexibility index (Phi) is 8.81. The van der Waals surface area contributed by atoms with Crippen molar-refractivity contribution in [1.29, 1.82) is 0 Å². The van der Waals surface area contributed by atoms with E-state index in [0.717, 1.165) is 11.1 Å². The van der Waals surface area contributed by atoms with Gasteiger partial charge in [0.15, 0.2) is 5.79 Å². The molecule has 31 heavy (non-hydrogen) atoms. The molecular weight excluding hydrogens is 392 g/mol. The summed E-state index contributed by atoms with van der Waals surface area (Å²) in [5.41, 5.74) is 2.14. The number of allylic oxidation sites excluding steroid dienone is 1. The minimum absolute atomic E-state index is 0.172. The fourth-order valence-electron chi connectivity index (χ4n) is 3.76. The molecule has 1 heterocycles. The Labute approximate surface area is 185 Å². The molecule has 2 aromatic rings. The minimum atomic E-state index is -0.792. The molecule has 1 aliphatic rings. The van der Waals surface area contributed by atoms with Crippen LogP contribution in [0.25, 0.3) is 0 Å². The Morgan fingerprint density at radius 1 is 1.06 bits per heavy atom. The number of rotatable bonds is 12. The number of hydrogen-bond acceptors (Lipinski definition) is 5. The summed E-state index contributed by atoms with van der Waals surface area (Å²) in [6, 6.07) is 19.9. The molecule has 168 valence electrons. The molecule has 0 radical (unpaired) electrons. The van der Waals surface area contributed by atoms with E-state index in [0.29, 0.717) is 32.8 Å². The average Bonchev–Trinajstić information content (AvgIpc) is 3.14. The van der Waals surface area contributed by atoms with Gasteiger partial charge in [0, 0.05) is 5.92 Å². The lowest BCUT2D eigenvalue weighted by Crippen LogP contribution is -2.46. The van der Waals surface area contributed by atoms with Crippen molar-refractivity contribution in [3.63, 3.8) is 0 Å². The Balaban J connectivity index is 1.66. The SMILES string of the molecule is C=CC[C@@H](COCc1ccccc1)[C@@H](O)[C@H](OCc1ccccc1)[C@@H]1COC(C)(C)O1. The molecule has 1 saturated heterocycles. The van der Waals surface area contributed by atoms with Gasteiger partial charge < -0.3 is 24.1 Å². The number of aliphatic hydroxyl groups excluding tert-OH is 1. The van der Waals surface area contributed by atoms with Crippen LogP contribution in [0.3, 0.4) is 0 Å². The maximum Gasteiger partial charge on any atom is 0.163 e. The lowest BCUT2D eigenvalue weighted by atomic mass is 9.92. The molecule has 3 rings (SSSR count). The summed E-state index contributed by atoms with van der Waals surface area (Å²) in [7, 11) is 0. The summed E-state index contributed by atoms with van der Waals surface area (Å²) in [5.74, 6) is -0.870. The van der Waals surface area contributed by atoms with Crippen LogP contribution in [0, 0.1) is 5.92 Å². The van der Waals surface area contributed by atoms with Crippen molar-refractivity contribution < 1.29 is 24.1 Å². The van der Waals surface area contributed by atoms with Crippen LogP contribution in [-0.2, 0) is 32.2 Å². The largest absolute Gasteiger partial charge is 0.390 e. The Hall–Kier alpha value is -2.02. The van der Waals surface area contributed by atoms with E-state index in [4.69, 9.17) is 18.9 Å². The molecule has 5 nitrogen and oxygen atoms in total. The summed E-state index contributed by atoms with van der Waals surface area (Å²) in [6.07, 6.45) is 0.713. The smallest absolute Gasteiger partial charge is 0.163 e. The van der Waals surface area contributed by atoms with E-state index in [2.05, 4.69) is 6.58 Å². The number of hydrogen-bond donors (Lipinski definition) is 1. The number of benzene rings is 2. The third kappa shape index (κ3) is 7.27. The first-order valence-electron chi connectivity index (χ1n) is 10.9. The highest BCUT2D eigenvalue weighted by Gasteiger charge is 2.42. The zero-order valence-corrected chi connectivity index (χ0v) is 18.5. The first-order chi connectivity index (χ1) is 15.0. The standard InChI is InChI=1S/C26H34O5/c1-4-11-22(18-28-16-20-12-7-5-8-13-20)24(27)25(23-19-30-26(2,3)31-23)29-17-21-14-9-6-10-15-21/h4-10,12-15,22-25,27H,1,11,16-19H2,2-3H3/t22-,23-,24+,25+/m0/s1. The van der Waals surface area contributed by atoms with Crippen molar-refractivity contribution in [3.8, 4) is 0 Å². The van der Waals surface area contributed by atoms with Gasteiger partial charge in [-0.15, -0.1) is 6.58 Å². The van der Waals surface area contributed by atoms with Gasteiger partial charge in [-0.1, -0.05) is 66.7 Å². The van der Waals surface area contributed by atoms with Crippen molar-refractivity contribution >= 4 is 0 Å². The third-order valence-electron chi connectivity index (χ3n) is 5.41. The zero-order chi connectivity index (χ0) is 22.1. The zero-order valence-electron chi connectivity index (χ0n) is 18.5. The highest BCUT2D eigenvalue weighted by atomic mass is 16.7. The lowest BCUT2D eigenvalue weighted by Gasteiger charge is -2.33. The molecule has 1 aliphatic heterocycles. The second-order valence-corrected chi connectivity index (χ2v) is 8.40. The van der Waals surface area contributed by atoms with E-state index in [1.165, 1.54) is 0 Å². The normalized spacial score (nSPS) is 20.8. The predicted octanol–water partition coefficient (Wildman–Crippen LogP) is 4.49. The minimum Gasteiger partial charge on any atom is -0.390 e. The molecule has 0 spiro atoms. The van der Waals surface area contributed by atoms with Gasteiger partial charge in [-0.05, 0) is 31.4 Å². The van der Waals surface area contributed by atoms with E-state index >= 15 is 0 Å². The van der Waals surface area contributed by atoms with Gasteiger partial charge in [0.05, 0.1) is 32.5 Å².